The van der Waals surface area contributed by atoms with Gasteiger partial charge < -0.3 is 14.5 Å². The van der Waals surface area contributed by atoms with E-state index in [1.807, 2.05) is 42.6 Å². The van der Waals surface area contributed by atoms with E-state index in [1.165, 1.54) is 19.1 Å². The molecule has 2 heterocycles. The maximum absolute atomic E-state index is 11.7. The van der Waals surface area contributed by atoms with Crippen molar-refractivity contribution in [2.24, 2.45) is 5.92 Å². The van der Waals surface area contributed by atoms with Gasteiger partial charge in [0.25, 0.3) is 0 Å². The first kappa shape index (κ1) is 17.6. The molecular weight excluding hydrogens is 336 g/mol. The topological polar surface area (TPSA) is 49.9 Å². The van der Waals surface area contributed by atoms with Crippen LogP contribution in [0.5, 0.6) is 0 Å². The van der Waals surface area contributed by atoms with Gasteiger partial charge in [0.2, 0.25) is 0 Å². The molecule has 0 saturated heterocycles. The number of hydrogen-bond acceptors (Lipinski definition) is 5. The van der Waals surface area contributed by atoms with Crippen LogP contribution < -0.4 is 0 Å². The Morgan fingerprint density at radius 2 is 1.92 bits per heavy atom. The Balaban J connectivity index is 1.91. The van der Waals surface area contributed by atoms with Crippen LogP contribution in [-0.2, 0) is 14.6 Å². The normalized spacial score (nSPS) is 21.1. The van der Waals surface area contributed by atoms with E-state index in [2.05, 4.69) is 13.2 Å². The van der Waals surface area contributed by atoms with Crippen LogP contribution in [-0.4, -0.2) is 44.0 Å². The van der Waals surface area contributed by atoms with E-state index in [-0.39, 0.29) is 5.88 Å². The summed E-state index contributed by atoms with van der Waals surface area (Å²) in [5.74, 6) is 1.25. The summed E-state index contributed by atoms with van der Waals surface area (Å²) in [5.41, 5.74) is 3.30. The lowest BCUT2D eigenvalue weighted by Crippen LogP contribution is -2.27. The number of allylic oxidation sites excluding steroid dienone is 4. The fourth-order valence-electron chi connectivity index (χ4n) is 2.61. The van der Waals surface area contributed by atoms with Gasteiger partial charge in [0, 0.05) is 54.3 Å². The van der Waals surface area contributed by atoms with Gasteiger partial charge in [-0.1, -0.05) is 19.2 Å². The highest BCUT2D eigenvalue weighted by molar-refractivity contribution is 7.90. The third kappa shape index (κ3) is 4.45. The molecule has 2 aliphatic heterocycles. The van der Waals surface area contributed by atoms with Crippen molar-refractivity contribution >= 4 is 9.84 Å². The van der Waals surface area contributed by atoms with Crippen molar-refractivity contribution in [1.82, 2.24) is 9.80 Å². The van der Waals surface area contributed by atoms with Gasteiger partial charge in [-0.25, -0.2) is 8.42 Å². The Morgan fingerprint density at radius 3 is 2.52 bits per heavy atom. The van der Waals surface area contributed by atoms with Crippen LogP contribution >= 0.6 is 0 Å². The number of ether oxygens (including phenoxy) is 1. The van der Waals surface area contributed by atoms with Gasteiger partial charge in [-0.05, 0) is 24.8 Å². The van der Waals surface area contributed by atoms with Crippen molar-refractivity contribution in [3.8, 4) is 0 Å². The minimum atomic E-state index is -3.18. The van der Waals surface area contributed by atoms with Crippen LogP contribution in [0.15, 0.2) is 72.1 Å². The Labute approximate surface area is 149 Å². The van der Waals surface area contributed by atoms with Gasteiger partial charge >= 0.3 is 0 Å². The molecular formula is C19H24N2O3S. The Kier molecular flexibility index (Phi) is 4.64. The van der Waals surface area contributed by atoms with E-state index in [9.17, 15) is 8.42 Å². The number of hydrogen-bond donors (Lipinski definition) is 0. The molecule has 5 nitrogen and oxygen atoms in total. The highest BCUT2D eigenvalue weighted by Crippen LogP contribution is 2.35. The molecule has 3 rings (SSSR count). The van der Waals surface area contributed by atoms with Gasteiger partial charge in [-0.2, -0.15) is 0 Å². The van der Waals surface area contributed by atoms with Crippen molar-refractivity contribution in [3.63, 3.8) is 0 Å². The summed E-state index contributed by atoms with van der Waals surface area (Å²) < 4.78 is 29.5. The Bertz CT molecular complexity index is 827. The number of rotatable bonds is 6. The molecule has 25 heavy (non-hydrogen) atoms. The number of nitrogens with zero attached hydrogens (tertiary/aromatic N) is 2. The average Bonchev–Trinajstić information content (AvgIpc) is 3.33. The second-order valence-corrected chi connectivity index (χ2v) is 8.95. The molecule has 1 saturated carbocycles. The molecule has 0 aromatic rings. The lowest BCUT2D eigenvalue weighted by atomic mass is 10.00. The Morgan fingerprint density at radius 1 is 1.20 bits per heavy atom. The van der Waals surface area contributed by atoms with E-state index in [0.29, 0.717) is 18.2 Å². The lowest BCUT2D eigenvalue weighted by molar-refractivity contribution is 0.204. The molecule has 0 aromatic heterocycles. The lowest BCUT2D eigenvalue weighted by Gasteiger charge is -2.30. The summed E-state index contributed by atoms with van der Waals surface area (Å²) in [6.07, 6.45) is 13.1. The van der Waals surface area contributed by atoms with Crippen molar-refractivity contribution in [2.45, 2.75) is 12.8 Å². The van der Waals surface area contributed by atoms with Crippen LogP contribution in [0.25, 0.3) is 0 Å². The molecule has 0 spiro atoms. The Hall–Kier alpha value is -2.21. The molecule has 3 aliphatic rings. The van der Waals surface area contributed by atoms with Gasteiger partial charge in [-0.3, -0.25) is 0 Å². The first-order chi connectivity index (χ1) is 11.7. The molecule has 0 unspecified atom stereocenters. The molecule has 0 radical (unpaired) electrons. The van der Waals surface area contributed by atoms with Crippen molar-refractivity contribution in [2.75, 3.05) is 25.8 Å². The third-order valence-electron chi connectivity index (χ3n) is 4.31. The first-order valence-electron chi connectivity index (χ1n) is 8.25. The van der Waals surface area contributed by atoms with Gasteiger partial charge in [0.15, 0.2) is 9.84 Å². The zero-order valence-corrected chi connectivity index (χ0v) is 15.6. The van der Waals surface area contributed by atoms with E-state index >= 15 is 0 Å². The van der Waals surface area contributed by atoms with Crippen molar-refractivity contribution < 1.29 is 13.2 Å². The molecule has 1 fully saturated rings. The molecule has 134 valence electrons. The monoisotopic (exact) mass is 360 g/mol. The second-order valence-electron chi connectivity index (χ2n) is 6.84. The smallest absolute Gasteiger partial charge is 0.165 e. The zero-order chi connectivity index (χ0) is 18.2. The highest BCUT2D eigenvalue weighted by atomic mass is 32.2. The quantitative estimate of drug-likeness (QED) is 0.729. The number of likely N-dealkylation sites (N-methyl/N-ethyl adjacent to an activating group) is 1. The van der Waals surface area contributed by atoms with E-state index in [0.717, 1.165) is 22.6 Å². The summed E-state index contributed by atoms with van der Waals surface area (Å²) in [5, 5.41) is 0. The predicted molar refractivity (Wildman–Crippen MR) is 99.7 cm³/mol. The molecule has 1 aliphatic carbocycles. The van der Waals surface area contributed by atoms with Crippen molar-refractivity contribution in [1.29, 1.82) is 0 Å². The third-order valence-corrected chi connectivity index (χ3v) is 5.06. The summed E-state index contributed by atoms with van der Waals surface area (Å²) in [6.45, 7) is 8.62. The van der Waals surface area contributed by atoms with Crippen LogP contribution in [0.2, 0.25) is 0 Å². The zero-order valence-electron chi connectivity index (χ0n) is 14.7. The van der Waals surface area contributed by atoms with Gasteiger partial charge in [-0.15, -0.1) is 0 Å². The molecule has 0 atom stereocenters. The molecule has 0 amide bonds. The molecule has 0 N–H and O–H groups in total. The maximum Gasteiger partial charge on any atom is 0.165 e. The fraction of sp³-hybridized carbons (Fsp3) is 0.368. The maximum atomic E-state index is 11.7. The van der Waals surface area contributed by atoms with E-state index < -0.39 is 9.84 Å². The van der Waals surface area contributed by atoms with Gasteiger partial charge in [0.1, 0.15) is 11.6 Å². The second kappa shape index (κ2) is 6.59. The summed E-state index contributed by atoms with van der Waals surface area (Å²) in [6, 6.07) is 0. The van der Waals surface area contributed by atoms with Crippen LogP contribution in [0.4, 0.5) is 0 Å². The minimum absolute atomic E-state index is 0.110. The molecule has 0 aromatic carbocycles. The van der Waals surface area contributed by atoms with E-state index in [4.69, 9.17) is 4.74 Å². The van der Waals surface area contributed by atoms with Crippen LogP contribution in [0.1, 0.15) is 12.8 Å². The SMILES string of the molecule is C=C1C=CC(C2=CN(CS(C)(=O)=O)C(=C)C=C2OCC2CC2)=CN1C. The standard InChI is InChI=1S/C19H24N2O3S/c1-14-5-8-17(10-20(14)3)18-11-21(13-25(4,22)23)15(2)9-19(18)24-12-16-6-7-16/h5,8-11,16H,1-2,6-7,12-13H2,3-4H3. The average molecular weight is 360 g/mol. The molecule has 6 heteroatoms. The summed E-state index contributed by atoms with van der Waals surface area (Å²) >= 11 is 0. The summed E-state index contributed by atoms with van der Waals surface area (Å²) in [7, 11) is -1.25. The molecule has 0 bridgehead atoms. The summed E-state index contributed by atoms with van der Waals surface area (Å²) in [4.78, 5) is 3.58. The van der Waals surface area contributed by atoms with Crippen LogP contribution in [0, 0.1) is 5.92 Å². The van der Waals surface area contributed by atoms with Gasteiger partial charge in [0.05, 0.1) is 6.61 Å². The predicted octanol–water partition coefficient (Wildman–Crippen LogP) is 2.91. The van der Waals surface area contributed by atoms with E-state index in [1.54, 1.807) is 4.90 Å². The van der Waals surface area contributed by atoms with Crippen molar-refractivity contribution in [3.05, 3.63) is 72.1 Å². The largest absolute Gasteiger partial charge is 0.493 e. The highest BCUT2D eigenvalue weighted by Gasteiger charge is 2.26. The fourth-order valence-corrected chi connectivity index (χ4v) is 3.36. The minimum Gasteiger partial charge on any atom is -0.493 e. The first-order valence-corrected chi connectivity index (χ1v) is 10.3. The number of sulfone groups is 1. The van der Waals surface area contributed by atoms with Crippen LogP contribution in [0.3, 0.4) is 0 Å².